The van der Waals surface area contributed by atoms with Gasteiger partial charge in [-0.3, -0.25) is 9.59 Å². The van der Waals surface area contributed by atoms with Gasteiger partial charge in [0.2, 0.25) is 0 Å². The second-order valence-electron chi connectivity index (χ2n) is 6.00. The average Bonchev–Trinajstić information content (AvgIpc) is 2.47. The molecule has 0 radical (unpaired) electrons. The summed E-state index contributed by atoms with van der Waals surface area (Å²) in [6.07, 6.45) is 4.34. The molecule has 0 unspecified atom stereocenters. The number of aryl methyl sites for hydroxylation is 1. The van der Waals surface area contributed by atoms with E-state index in [0.29, 0.717) is 18.5 Å². The Balaban J connectivity index is 2.59. The SMILES string of the molecule is Cc1cc(S(C)(=O)=O)cc(C(=O)NCCCCCCC(=O)O)c1C. The molecule has 2 N–H and O–H groups in total. The van der Waals surface area contributed by atoms with Gasteiger partial charge in [0.1, 0.15) is 0 Å². The van der Waals surface area contributed by atoms with Crippen LogP contribution < -0.4 is 5.32 Å². The lowest BCUT2D eigenvalue weighted by atomic mass is 10.0. The number of unbranched alkanes of at least 4 members (excludes halogenated alkanes) is 3. The molecule has 0 spiro atoms. The Morgan fingerprint density at radius 1 is 1.08 bits per heavy atom. The van der Waals surface area contributed by atoms with Gasteiger partial charge in [-0.05, 0) is 49.9 Å². The van der Waals surface area contributed by atoms with E-state index in [1.54, 1.807) is 19.9 Å². The number of sulfone groups is 1. The standard InChI is InChI=1S/C17H25NO5S/c1-12-10-14(24(3,22)23)11-15(13(12)2)17(21)18-9-7-5-4-6-8-16(19)20/h10-11H,4-9H2,1-3H3,(H,18,21)(H,19,20). The third kappa shape index (κ3) is 6.31. The third-order valence-corrected chi connectivity index (χ3v) is 5.01. The smallest absolute Gasteiger partial charge is 0.303 e. The molecule has 6 nitrogen and oxygen atoms in total. The molecule has 0 fully saturated rings. The zero-order valence-electron chi connectivity index (χ0n) is 14.4. The number of carbonyl (C=O) groups is 2. The van der Waals surface area contributed by atoms with Crippen LogP contribution in [0, 0.1) is 13.8 Å². The summed E-state index contributed by atoms with van der Waals surface area (Å²) in [6, 6.07) is 2.99. The summed E-state index contributed by atoms with van der Waals surface area (Å²) in [4.78, 5) is 22.8. The van der Waals surface area contributed by atoms with Crippen LogP contribution in [0.25, 0.3) is 0 Å². The zero-order valence-corrected chi connectivity index (χ0v) is 15.2. The summed E-state index contributed by atoms with van der Waals surface area (Å²) in [6.45, 7) is 4.05. The molecule has 0 saturated heterocycles. The lowest BCUT2D eigenvalue weighted by Crippen LogP contribution is -2.25. The number of nitrogens with one attached hydrogen (secondary N) is 1. The number of benzene rings is 1. The van der Waals surface area contributed by atoms with E-state index >= 15 is 0 Å². The number of aliphatic carboxylic acids is 1. The minimum absolute atomic E-state index is 0.143. The summed E-state index contributed by atoms with van der Waals surface area (Å²) in [5.41, 5.74) is 1.90. The lowest BCUT2D eigenvalue weighted by Gasteiger charge is -2.12. The van der Waals surface area contributed by atoms with Crippen molar-refractivity contribution in [2.75, 3.05) is 12.8 Å². The van der Waals surface area contributed by atoms with Gasteiger partial charge in [-0.25, -0.2) is 8.42 Å². The Hall–Kier alpha value is -1.89. The molecule has 1 amide bonds. The second kappa shape index (κ2) is 8.82. The fourth-order valence-electron chi connectivity index (χ4n) is 2.33. The van der Waals surface area contributed by atoms with E-state index in [1.165, 1.54) is 6.07 Å². The minimum Gasteiger partial charge on any atom is -0.481 e. The Bertz CT molecular complexity index is 710. The maximum atomic E-state index is 12.3. The van der Waals surface area contributed by atoms with Crippen molar-refractivity contribution in [3.05, 3.63) is 28.8 Å². The highest BCUT2D eigenvalue weighted by Crippen LogP contribution is 2.20. The van der Waals surface area contributed by atoms with Crippen molar-refractivity contribution in [3.8, 4) is 0 Å². The molecule has 1 aromatic rings. The van der Waals surface area contributed by atoms with E-state index in [-0.39, 0.29) is 17.2 Å². The maximum Gasteiger partial charge on any atom is 0.303 e. The third-order valence-electron chi connectivity index (χ3n) is 3.92. The van der Waals surface area contributed by atoms with Gasteiger partial charge in [0.05, 0.1) is 4.90 Å². The van der Waals surface area contributed by atoms with Gasteiger partial charge in [-0.15, -0.1) is 0 Å². The van der Waals surface area contributed by atoms with Crippen LogP contribution in [0.1, 0.15) is 53.6 Å². The predicted octanol–water partition coefficient (Wildman–Crippen LogP) is 2.47. The van der Waals surface area contributed by atoms with E-state index in [4.69, 9.17) is 5.11 Å². The van der Waals surface area contributed by atoms with E-state index in [2.05, 4.69) is 5.32 Å². The van der Waals surface area contributed by atoms with Crippen molar-refractivity contribution in [2.45, 2.75) is 50.8 Å². The molecule has 7 heteroatoms. The molecule has 0 aliphatic heterocycles. The van der Waals surface area contributed by atoms with E-state index in [1.807, 2.05) is 0 Å². The van der Waals surface area contributed by atoms with Crippen molar-refractivity contribution in [1.82, 2.24) is 5.32 Å². The molecule has 0 bridgehead atoms. The molecule has 0 aliphatic rings. The van der Waals surface area contributed by atoms with Gasteiger partial charge in [-0.1, -0.05) is 12.8 Å². The molecule has 134 valence electrons. The number of carboxylic acid groups (broad SMARTS) is 1. The van der Waals surface area contributed by atoms with Gasteiger partial charge in [0, 0.05) is 24.8 Å². The summed E-state index contributed by atoms with van der Waals surface area (Å²) in [5, 5.41) is 11.3. The van der Waals surface area contributed by atoms with Gasteiger partial charge >= 0.3 is 5.97 Å². The predicted molar refractivity (Wildman–Crippen MR) is 92.1 cm³/mol. The van der Waals surface area contributed by atoms with Crippen molar-refractivity contribution in [2.24, 2.45) is 0 Å². The minimum atomic E-state index is -3.37. The molecular formula is C17H25NO5S. The maximum absolute atomic E-state index is 12.3. The quantitative estimate of drug-likeness (QED) is 0.663. The lowest BCUT2D eigenvalue weighted by molar-refractivity contribution is -0.137. The zero-order chi connectivity index (χ0) is 18.3. The van der Waals surface area contributed by atoms with Crippen molar-refractivity contribution >= 4 is 21.7 Å². The fourth-order valence-corrected chi connectivity index (χ4v) is 3.05. The highest BCUT2D eigenvalue weighted by atomic mass is 32.2. The second-order valence-corrected chi connectivity index (χ2v) is 8.01. The van der Waals surface area contributed by atoms with Crippen LogP contribution in [0.2, 0.25) is 0 Å². The molecule has 0 atom stereocenters. The first-order valence-electron chi connectivity index (χ1n) is 7.94. The Labute approximate surface area is 143 Å². The molecule has 0 aliphatic carbocycles. The van der Waals surface area contributed by atoms with Gasteiger partial charge in [-0.2, -0.15) is 0 Å². The van der Waals surface area contributed by atoms with E-state index in [0.717, 1.165) is 36.6 Å². The molecule has 24 heavy (non-hydrogen) atoms. The van der Waals surface area contributed by atoms with Crippen LogP contribution in [0.4, 0.5) is 0 Å². The largest absolute Gasteiger partial charge is 0.481 e. The Morgan fingerprint density at radius 3 is 2.29 bits per heavy atom. The van der Waals surface area contributed by atoms with Crippen LogP contribution in [0.5, 0.6) is 0 Å². The molecule has 1 aromatic carbocycles. The van der Waals surface area contributed by atoms with Gasteiger partial charge < -0.3 is 10.4 Å². The molecule has 1 rings (SSSR count). The average molecular weight is 355 g/mol. The number of hydrogen-bond acceptors (Lipinski definition) is 4. The number of carboxylic acids is 1. The highest BCUT2D eigenvalue weighted by molar-refractivity contribution is 7.90. The van der Waals surface area contributed by atoms with Crippen LogP contribution in [0.15, 0.2) is 17.0 Å². The van der Waals surface area contributed by atoms with Crippen LogP contribution >= 0.6 is 0 Å². The molecule has 0 heterocycles. The summed E-state index contributed by atoms with van der Waals surface area (Å²) >= 11 is 0. The number of amides is 1. The monoisotopic (exact) mass is 355 g/mol. The number of rotatable bonds is 9. The van der Waals surface area contributed by atoms with E-state index in [9.17, 15) is 18.0 Å². The molecule has 0 saturated carbocycles. The van der Waals surface area contributed by atoms with Gasteiger partial charge in [0.25, 0.3) is 5.91 Å². The van der Waals surface area contributed by atoms with Crippen molar-refractivity contribution in [3.63, 3.8) is 0 Å². The fraction of sp³-hybridized carbons (Fsp3) is 0.529. The van der Waals surface area contributed by atoms with E-state index < -0.39 is 15.8 Å². The van der Waals surface area contributed by atoms with Crippen LogP contribution in [0.3, 0.4) is 0 Å². The first kappa shape index (κ1) is 20.2. The summed E-state index contributed by atoms with van der Waals surface area (Å²) in [5.74, 6) is -1.08. The Morgan fingerprint density at radius 2 is 1.71 bits per heavy atom. The van der Waals surface area contributed by atoms with Crippen LogP contribution in [-0.2, 0) is 14.6 Å². The first-order chi connectivity index (χ1) is 11.1. The number of hydrogen-bond donors (Lipinski definition) is 2. The molecular weight excluding hydrogens is 330 g/mol. The Kier molecular flexibility index (Phi) is 7.41. The number of carbonyl (C=O) groups excluding carboxylic acids is 1. The normalized spacial score (nSPS) is 11.3. The molecule has 0 aromatic heterocycles. The van der Waals surface area contributed by atoms with Gasteiger partial charge in [0.15, 0.2) is 9.84 Å². The first-order valence-corrected chi connectivity index (χ1v) is 9.83. The van der Waals surface area contributed by atoms with Crippen molar-refractivity contribution < 1.29 is 23.1 Å². The topological polar surface area (TPSA) is 101 Å². The summed E-state index contributed by atoms with van der Waals surface area (Å²) < 4.78 is 23.4. The highest BCUT2D eigenvalue weighted by Gasteiger charge is 2.16. The van der Waals surface area contributed by atoms with Crippen molar-refractivity contribution in [1.29, 1.82) is 0 Å². The van der Waals surface area contributed by atoms with Crippen LogP contribution in [-0.4, -0.2) is 38.2 Å². The summed E-state index contributed by atoms with van der Waals surface area (Å²) in [7, 11) is -3.37.